The predicted molar refractivity (Wildman–Crippen MR) is 109 cm³/mol. The van der Waals surface area contributed by atoms with Gasteiger partial charge in [0.1, 0.15) is 5.65 Å². The van der Waals surface area contributed by atoms with Crippen molar-refractivity contribution in [1.82, 2.24) is 29.3 Å². The number of imidazole rings is 1. The number of likely N-dealkylation sites (tertiary alicyclic amines) is 2. The summed E-state index contributed by atoms with van der Waals surface area (Å²) < 4.78 is 1.82. The number of carbonyl (C=O) groups is 1. The van der Waals surface area contributed by atoms with Crippen LogP contribution in [0.25, 0.3) is 22.1 Å². The van der Waals surface area contributed by atoms with Gasteiger partial charge in [0.15, 0.2) is 0 Å². The fraction of sp³-hybridized carbons (Fsp3) is 0.550. The maximum atomic E-state index is 13.1. The zero-order valence-corrected chi connectivity index (χ0v) is 16.5. The molecule has 9 nitrogen and oxygen atoms in total. The number of fused-ring (bicyclic) bond motifs is 3. The second-order valence-electron chi connectivity index (χ2n) is 8.34. The smallest absolute Gasteiger partial charge is 0.326 e. The van der Waals surface area contributed by atoms with E-state index in [2.05, 4.69) is 21.9 Å². The number of aliphatic hydroxyl groups is 1. The molecule has 29 heavy (non-hydrogen) atoms. The summed E-state index contributed by atoms with van der Waals surface area (Å²) in [5.41, 5.74) is 2.13. The average molecular weight is 398 g/mol. The Morgan fingerprint density at radius 3 is 2.76 bits per heavy atom. The lowest BCUT2D eigenvalue weighted by atomic mass is 9.93. The molecule has 154 valence electrons. The molecule has 3 aromatic rings. The van der Waals surface area contributed by atoms with Gasteiger partial charge in [-0.05, 0) is 31.2 Å². The minimum atomic E-state index is -0.310. The first-order valence-electron chi connectivity index (χ1n) is 10.3. The van der Waals surface area contributed by atoms with Gasteiger partial charge >= 0.3 is 11.7 Å². The van der Waals surface area contributed by atoms with Crippen molar-refractivity contribution in [2.75, 3.05) is 26.2 Å². The largest absolute Gasteiger partial charge is 0.393 e. The van der Waals surface area contributed by atoms with Crippen LogP contribution in [0.5, 0.6) is 0 Å². The third-order valence-corrected chi connectivity index (χ3v) is 6.52. The number of pyridine rings is 1. The number of hydrogen-bond acceptors (Lipinski definition) is 4. The lowest BCUT2D eigenvalue weighted by molar-refractivity contribution is 0.0696. The van der Waals surface area contributed by atoms with E-state index in [1.54, 1.807) is 6.20 Å². The Labute approximate surface area is 167 Å². The first-order valence-corrected chi connectivity index (χ1v) is 10.3. The lowest BCUT2D eigenvalue weighted by Gasteiger charge is -2.41. The van der Waals surface area contributed by atoms with Crippen LogP contribution in [0, 0.1) is 5.92 Å². The van der Waals surface area contributed by atoms with Crippen LogP contribution < -0.4 is 5.69 Å². The van der Waals surface area contributed by atoms with Gasteiger partial charge in [-0.25, -0.2) is 14.6 Å². The number of amides is 2. The highest BCUT2D eigenvalue weighted by Gasteiger charge is 2.35. The van der Waals surface area contributed by atoms with Gasteiger partial charge < -0.3 is 24.9 Å². The number of rotatable bonds is 1. The number of urea groups is 1. The molecule has 0 saturated carbocycles. The molecule has 2 amide bonds. The molecule has 9 heteroatoms. The number of hydrogen-bond donors (Lipinski definition) is 3. The highest BCUT2D eigenvalue weighted by molar-refractivity contribution is 6.00. The Kier molecular flexibility index (Phi) is 4.34. The maximum absolute atomic E-state index is 13.1. The van der Waals surface area contributed by atoms with Crippen molar-refractivity contribution in [1.29, 1.82) is 0 Å². The van der Waals surface area contributed by atoms with Gasteiger partial charge in [0.25, 0.3) is 0 Å². The van der Waals surface area contributed by atoms with E-state index in [1.807, 2.05) is 26.6 Å². The number of nitrogens with one attached hydrogen (secondary N) is 2. The molecule has 2 aliphatic heterocycles. The van der Waals surface area contributed by atoms with Crippen LogP contribution in [0.2, 0.25) is 0 Å². The van der Waals surface area contributed by atoms with Gasteiger partial charge in [-0.3, -0.25) is 4.57 Å². The van der Waals surface area contributed by atoms with E-state index in [4.69, 9.17) is 0 Å². The second-order valence-corrected chi connectivity index (χ2v) is 8.34. The molecule has 0 aromatic carbocycles. The second kappa shape index (κ2) is 6.91. The number of carbonyl (C=O) groups excluding carboxylic acids is 1. The van der Waals surface area contributed by atoms with Crippen LogP contribution in [-0.4, -0.2) is 72.7 Å². The van der Waals surface area contributed by atoms with Crippen LogP contribution in [0.1, 0.15) is 32.2 Å². The summed E-state index contributed by atoms with van der Waals surface area (Å²) in [7, 11) is 0. The number of H-pyrrole nitrogens is 2. The molecule has 3 N–H and O–H groups in total. The van der Waals surface area contributed by atoms with Crippen LogP contribution in [-0.2, 0) is 0 Å². The fourth-order valence-corrected chi connectivity index (χ4v) is 4.75. The van der Waals surface area contributed by atoms with Crippen LogP contribution in [0.4, 0.5) is 4.79 Å². The minimum Gasteiger partial charge on any atom is -0.393 e. The lowest BCUT2D eigenvalue weighted by Crippen LogP contribution is -2.52. The van der Waals surface area contributed by atoms with Crippen molar-refractivity contribution < 1.29 is 9.90 Å². The van der Waals surface area contributed by atoms with Crippen LogP contribution >= 0.6 is 0 Å². The summed E-state index contributed by atoms with van der Waals surface area (Å²) in [4.78, 5) is 40.0. The SMILES string of the molecule is CC1CCN(C(=O)N2CCC(O)CC2)CC1n1c(=O)[nH]c2cnc3[nH]ccc3c21. The monoisotopic (exact) mass is 398 g/mol. The normalized spacial score (nSPS) is 23.9. The molecule has 2 aliphatic rings. The maximum Gasteiger partial charge on any atom is 0.326 e. The Morgan fingerprint density at radius 1 is 1.21 bits per heavy atom. The predicted octanol–water partition coefficient (Wildman–Crippen LogP) is 1.67. The van der Waals surface area contributed by atoms with Crippen molar-refractivity contribution in [3.63, 3.8) is 0 Å². The van der Waals surface area contributed by atoms with E-state index in [0.717, 1.165) is 23.0 Å². The van der Waals surface area contributed by atoms with Crippen LogP contribution in [0.15, 0.2) is 23.3 Å². The zero-order chi connectivity index (χ0) is 20.1. The third-order valence-electron chi connectivity index (χ3n) is 6.52. The Morgan fingerprint density at radius 2 is 1.97 bits per heavy atom. The molecule has 0 aliphatic carbocycles. The number of nitrogens with zero attached hydrogens (tertiary/aromatic N) is 4. The molecule has 2 unspecified atom stereocenters. The molecule has 5 rings (SSSR count). The standard InChI is InChI=1S/C20H26N6O3/c1-12-3-7-25(20(29)24-8-4-13(27)5-9-24)11-16(12)26-17-14-2-6-21-18(14)22-10-15(17)23-19(26)28/h2,6,10,12-13,16,27H,3-5,7-9,11H2,1H3,(H,21,22)(H,23,28). The van der Waals surface area contributed by atoms with Crippen LogP contribution in [0.3, 0.4) is 0 Å². The highest BCUT2D eigenvalue weighted by Crippen LogP contribution is 2.32. The van der Waals surface area contributed by atoms with Gasteiger partial charge in [-0.2, -0.15) is 0 Å². The molecule has 2 saturated heterocycles. The van der Waals surface area contributed by atoms with Crippen molar-refractivity contribution in [3.8, 4) is 0 Å². The fourth-order valence-electron chi connectivity index (χ4n) is 4.75. The molecule has 5 heterocycles. The highest BCUT2D eigenvalue weighted by atomic mass is 16.3. The molecule has 2 atom stereocenters. The molecular weight excluding hydrogens is 372 g/mol. The summed E-state index contributed by atoms with van der Waals surface area (Å²) in [6.07, 6.45) is 5.29. The molecule has 0 radical (unpaired) electrons. The van der Waals surface area contributed by atoms with E-state index in [1.165, 1.54) is 0 Å². The third kappa shape index (κ3) is 3.00. The Bertz CT molecular complexity index is 1110. The van der Waals surface area contributed by atoms with Crippen molar-refractivity contribution in [2.45, 2.75) is 38.3 Å². The van der Waals surface area contributed by atoms with Gasteiger partial charge in [0, 0.05) is 37.8 Å². The number of aliphatic hydroxyl groups excluding tert-OH is 1. The van der Waals surface area contributed by atoms with E-state index in [-0.39, 0.29) is 29.8 Å². The van der Waals surface area contributed by atoms with E-state index in [0.29, 0.717) is 44.5 Å². The molecule has 0 spiro atoms. The first-order chi connectivity index (χ1) is 14.0. The van der Waals surface area contributed by atoms with Crippen molar-refractivity contribution in [3.05, 3.63) is 28.9 Å². The summed E-state index contributed by atoms with van der Waals surface area (Å²) in [6.45, 7) is 4.50. The molecule has 2 fully saturated rings. The number of aromatic nitrogens is 4. The van der Waals surface area contributed by atoms with Crippen molar-refractivity contribution >= 4 is 28.1 Å². The van der Waals surface area contributed by atoms with Gasteiger partial charge in [0.2, 0.25) is 0 Å². The summed E-state index contributed by atoms with van der Waals surface area (Å²) in [5, 5.41) is 10.6. The molecule has 0 bridgehead atoms. The van der Waals surface area contributed by atoms with Gasteiger partial charge in [-0.1, -0.05) is 6.92 Å². The van der Waals surface area contributed by atoms with E-state index >= 15 is 0 Å². The van der Waals surface area contributed by atoms with Gasteiger partial charge in [-0.15, -0.1) is 0 Å². The Hall–Kier alpha value is -2.81. The first kappa shape index (κ1) is 18.2. The molecular formula is C20H26N6O3. The number of aromatic amines is 2. The van der Waals surface area contributed by atoms with Gasteiger partial charge in [0.05, 0.1) is 29.4 Å². The molecule has 3 aromatic heterocycles. The average Bonchev–Trinajstić information content (AvgIpc) is 3.32. The summed E-state index contributed by atoms with van der Waals surface area (Å²) in [5.74, 6) is 0.265. The Balaban J connectivity index is 1.49. The quantitative estimate of drug-likeness (QED) is 0.579. The summed E-state index contributed by atoms with van der Waals surface area (Å²) >= 11 is 0. The summed E-state index contributed by atoms with van der Waals surface area (Å²) in [6, 6.07) is 1.84. The topological polar surface area (TPSA) is 110 Å². The minimum absolute atomic E-state index is 0.00940. The number of piperidine rings is 2. The van der Waals surface area contributed by atoms with Crippen molar-refractivity contribution in [2.24, 2.45) is 5.92 Å². The zero-order valence-electron chi connectivity index (χ0n) is 16.5. The van der Waals surface area contributed by atoms with E-state index < -0.39 is 0 Å². The van der Waals surface area contributed by atoms with E-state index in [9.17, 15) is 14.7 Å².